The molecule has 0 radical (unpaired) electrons. The SMILES string of the molecule is Cn1ccnc1SCc1ccc(C(=O)N2CCCN(C(=O)Nc3cccc(Cl)c3)CC2)o1. The number of urea groups is 1. The number of nitrogens with one attached hydrogen (secondary N) is 1. The van der Waals surface area contributed by atoms with Gasteiger partial charge in [-0.15, -0.1) is 0 Å². The van der Waals surface area contributed by atoms with Crippen molar-refractivity contribution in [2.45, 2.75) is 17.3 Å². The molecule has 0 saturated carbocycles. The number of thioether (sulfide) groups is 1. The fourth-order valence-corrected chi connectivity index (χ4v) is 4.46. The molecule has 0 bridgehead atoms. The highest BCUT2D eigenvalue weighted by Gasteiger charge is 2.24. The molecule has 0 aliphatic carbocycles. The van der Waals surface area contributed by atoms with Gasteiger partial charge in [-0.25, -0.2) is 9.78 Å². The van der Waals surface area contributed by atoms with Gasteiger partial charge in [-0.2, -0.15) is 0 Å². The van der Waals surface area contributed by atoms with Crippen molar-refractivity contribution in [2.24, 2.45) is 7.05 Å². The van der Waals surface area contributed by atoms with E-state index < -0.39 is 0 Å². The number of nitrogens with zero attached hydrogens (tertiary/aromatic N) is 4. The molecule has 1 N–H and O–H groups in total. The molecule has 4 rings (SSSR count). The molecule has 168 valence electrons. The highest BCUT2D eigenvalue weighted by molar-refractivity contribution is 7.98. The van der Waals surface area contributed by atoms with E-state index in [4.69, 9.17) is 16.0 Å². The molecule has 3 heterocycles. The molecule has 1 aliphatic rings. The molecular weight excluding hydrogens is 450 g/mol. The van der Waals surface area contributed by atoms with Gasteiger partial charge in [0.25, 0.3) is 5.91 Å². The van der Waals surface area contributed by atoms with Crippen LogP contribution in [0.25, 0.3) is 0 Å². The summed E-state index contributed by atoms with van der Waals surface area (Å²) in [6.07, 6.45) is 4.33. The van der Waals surface area contributed by atoms with Crippen LogP contribution in [0.1, 0.15) is 22.7 Å². The third kappa shape index (κ3) is 5.46. The van der Waals surface area contributed by atoms with Gasteiger partial charge in [-0.05, 0) is 36.8 Å². The third-order valence-electron chi connectivity index (χ3n) is 5.14. The van der Waals surface area contributed by atoms with Crippen LogP contribution in [0.15, 0.2) is 58.4 Å². The lowest BCUT2D eigenvalue weighted by Crippen LogP contribution is -2.39. The van der Waals surface area contributed by atoms with Crippen LogP contribution >= 0.6 is 23.4 Å². The van der Waals surface area contributed by atoms with Gasteiger partial charge in [-0.1, -0.05) is 29.4 Å². The fraction of sp³-hybridized carbons (Fsp3) is 0.318. The summed E-state index contributed by atoms with van der Waals surface area (Å²) >= 11 is 7.53. The van der Waals surface area contributed by atoms with Crippen molar-refractivity contribution in [2.75, 3.05) is 31.5 Å². The van der Waals surface area contributed by atoms with Crippen molar-refractivity contribution in [3.63, 3.8) is 0 Å². The summed E-state index contributed by atoms with van der Waals surface area (Å²) in [7, 11) is 1.93. The zero-order chi connectivity index (χ0) is 22.5. The van der Waals surface area contributed by atoms with Gasteiger partial charge in [0.15, 0.2) is 10.9 Å². The average Bonchev–Trinajstić information content (AvgIpc) is 3.33. The van der Waals surface area contributed by atoms with Gasteiger partial charge in [0, 0.05) is 56.3 Å². The molecule has 1 aromatic carbocycles. The first kappa shape index (κ1) is 22.3. The number of hydrogen-bond acceptors (Lipinski definition) is 5. The second-order valence-electron chi connectivity index (χ2n) is 7.45. The van der Waals surface area contributed by atoms with Gasteiger partial charge < -0.3 is 24.1 Å². The van der Waals surface area contributed by atoms with E-state index in [1.165, 1.54) is 0 Å². The van der Waals surface area contributed by atoms with E-state index in [-0.39, 0.29) is 11.9 Å². The maximum atomic E-state index is 12.9. The largest absolute Gasteiger partial charge is 0.455 e. The Morgan fingerprint density at radius 3 is 2.75 bits per heavy atom. The summed E-state index contributed by atoms with van der Waals surface area (Å²) in [5.74, 6) is 1.47. The third-order valence-corrected chi connectivity index (χ3v) is 6.45. The molecule has 1 saturated heterocycles. The number of carbonyl (C=O) groups is 2. The van der Waals surface area contributed by atoms with Crippen molar-refractivity contribution in [3.05, 3.63) is 65.3 Å². The molecule has 8 nitrogen and oxygen atoms in total. The van der Waals surface area contributed by atoms with E-state index in [2.05, 4.69) is 10.3 Å². The summed E-state index contributed by atoms with van der Waals surface area (Å²) in [6.45, 7) is 2.03. The minimum Gasteiger partial charge on any atom is -0.455 e. The summed E-state index contributed by atoms with van der Waals surface area (Å²) in [4.78, 5) is 33.3. The van der Waals surface area contributed by atoms with Gasteiger partial charge >= 0.3 is 6.03 Å². The second-order valence-corrected chi connectivity index (χ2v) is 8.83. The zero-order valence-corrected chi connectivity index (χ0v) is 19.2. The lowest BCUT2D eigenvalue weighted by atomic mass is 10.3. The first-order valence-corrected chi connectivity index (χ1v) is 11.7. The molecule has 0 spiro atoms. The first-order chi connectivity index (χ1) is 15.5. The monoisotopic (exact) mass is 473 g/mol. The predicted molar refractivity (Wildman–Crippen MR) is 124 cm³/mol. The van der Waals surface area contributed by atoms with E-state index in [0.717, 1.165) is 10.9 Å². The molecule has 3 aromatic rings. The Balaban J connectivity index is 1.31. The Morgan fingerprint density at radius 1 is 1.16 bits per heavy atom. The Kier molecular flexibility index (Phi) is 7.06. The van der Waals surface area contributed by atoms with Crippen LogP contribution in [0.4, 0.5) is 10.5 Å². The number of imidazole rings is 1. The average molecular weight is 474 g/mol. The summed E-state index contributed by atoms with van der Waals surface area (Å²) in [6, 6.07) is 10.4. The van der Waals surface area contributed by atoms with E-state index in [1.807, 2.05) is 23.9 Å². The second kappa shape index (κ2) is 10.1. The van der Waals surface area contributed by atoms with Crippen molar-refractivity contribution in [1.82, 2.24) is 19.4 Å². The van der Waals surface area contributed by atoms with E-state index in [9.17, 15) is 9.59 Å². The Bertz CT molecular complexity index is 1100. The number of aromatic nitrogens is 2. The Labute approximate surface area is 195 Å². The molecule has 1 aliphatic heterocycles. The maximum Gasteiger partial charge on any atom is 0.321 e. The molecule has 1 fully saturated rings. The van der Waals surface area contributed by atoms with Crippen LogP contribution in [0.2, 0.25) is 5.02 Å². The van der Waals surface area contributed by atoms with Gasteiger partial charge in [0.2, 0.25) is 0 Å². The molecular formula is C22H24ClN5O3S. The quantitative estimate of drug-likeness (QED) is 0.557. The highest BCUT2D eigenvalue weighted by atomic mass is 35.5. The van der Waals surface area contributed by atoms with Crippen LogP contribution in [0.3, 0.4) is 0 Å². The number of rotatable bonds is 5. The topological polar surface area (TPSA) is 83.6 Å². The number of hydrogen-bond donors (Lipinski definition) is 1. The number of halogens is 1. The Hall–Kier alpha value is -2.91. The number of aryl methyl sites for hydroxylation is 1. The smallest absolute Gasteiger partial charge is 0.321 e. The molecule has 32 heavy (non-hydrogen) atoms. The van der Waals surface area contributed by atoms with Gasteiger partial charge in [-0.3, -0.25) is 4.79 Å². The van der Waals surface area contributed by atoms with Crippen molar-refractivity contribution in [3.8, 4) is 0 Å². The van der Waals surface area contributed by atoms with E-state index in [1.54, 1.807) is 58.1 Å². The zero-order valence-electron chi connectivity index (χ0n) is 17.7. The maximum absolute atomic E-state index is 12.9. The summed E-state index contributed by atoms with van der Waals surface area (Å²) in [5, 5.41) is 4.31. The normalized spacial score (nSPS) is 14.3. The van der Waals surface area contributed by atoms with Crippen molar-refractivity contribution < 1.29 is 14.0 Å². The van der Waals surface area contributed by atoms with Crippen LogP contribution in [0, 0.1) is 0 Å². The minimum atomic E-state index is -0.201. The van der Waals surface area contributed by atoms with Crippen LogP contribution in [0.5, 0.6) is 0 Å². The molecule has 3 amide bonds. The molecule has 0 atom stereocenters. The standard InChI is InChI=1S/C22H24ClN5O3S/c1-26-11-8-24-22(26)32-15-18-6-7-19(31-18)20(29)27-9-3-10-28(13-12-27)21(30)25-17-5-2-4-16(23)14-17/h2,4-8,11,14H,3,9-10,12-13,15H2,1H3,(H,25,30). The number of benzene rings is 1. The van der Waals surface area contributed by atoms with Gasteiger partial charge in [0.1, 0.15) is 5.76 Å². The number of furan rings is 1. The van der Waals surface area contributed by atoms with Crippen molar-refractivity contribution >= 4 is 41.0 Å². The summed E-state index contributed by atoms with van der Waals surface area (Å²) in [5.41, 5.74) is 0.645. The van der Waals surface area contributed by atoms with Crippen LogP contribution in [-0.2, 0) is 12.8 Å². The lowest BCUT2D eigenvalue weighted by molar-refractivity contribution is 0.0729. The molecule has 0 unspecified atom stereocenters. The number of amides is 3. The lowest BCUT2D eigenvalue weighted by Gasteiger charge is -2.22. The first-order valence-electron chi connectivity index (χ1n) is 10.3. The molecule has 10 heteroatoms. The predicted octanol–water partition coefficient (Wildman–Crippen LogP) is 4.34. The summed E-state index contributed by atoms with van der Waals surface area (Å²) < 4.78 is 7.72. The van der Waals surface area contributed by atoms with Crippen LogP contribution in [-0.4, -0.2) is 57.5 Å². The van der Waals surface area contributed by atoms with E-state index in [0.29, 0.717) is 54.8 Å². The highest BCUT2D eigenvalue weighted by Crippen LogP contribution is 2.23. The fourth-order valence-electron chi connectivity index (χ4n) is 3.45. The number of anilines is 1. The van der Waals surface area contributed by atoms with E-state index >= 15 is 0 Å². The Morgan fingerprint density at radius 2 is 1.97 bits per heavy atom. The number of carbonyl (C=O) groups excluding carboxylic acids is 2. The molecule has 2 aromatic heterocycles. The van der Waals surface area contributed by atoms with Gasteiger partial charge in [0.05, 0.1) is 5.75 Å². The van der Waals surface area contributed by atoms with Crippen molar-refractivity contribution in [1.29, 1.82) is 0 Å². The minimum absolute atomic E-state index is 0.157. The van der Waals surface area contributed by atoms with Crippen LogP contribution < -0.4 is 5.32 Å².